The lowest BCUT2D eigenvalue weighted by atomic mass is 9.85. The first-order valence-corrected chi connectivity index (χ1v) is 6.22. The lowest BCUT2D eigenvalue weighted by Gasteiger charge is -2.21. The molecule has 1 aromatic rings. The molecule has 3 nitrogen and oxygen atoms in total. The zero-order valence-electron chi connectivity index (χ0n) is 10.5. The van der Waals surface area contributed by atoms with Gasteiger partial charge in [-0.1, -0.05) is 13.8 Å². The summed E-state index contributed by atoms with van der Waals surface area (Å²) >= 11 is 0. The Morgan fingerprint density at radius 1 is 1.47 bits per heavy atom. The summed E-state index contributed by atoms with van der Waals surface area (Å²) in [5.74, 6) is 1.93. The average Bonchev–Trinajstić information content (AvgIpc) is 2.79. The quantitative estimate of drug-likeness (QED) is 0.804. The minimum atomic E-state index is 0.192. The minimum Gasteiger partial charge on any atom is -0.469 e. The Morgan fingerprint density at radius 2 is 2.29 bits per heavy atom. The number of rotatable bonds is 3. The molecule has 0 N–H and O–H groups in total. The van der Waals surface area contributed by atoms with E-state index in [-0.39, 0.29) is 11.7 Å². The highest BCUT2D eigenvalue weighted by molar-refractivity contribution is 6.04. The summed E-state index contributed by atoms with van der Waals surface area (Å²) in [5.41, 5.74) is 1.04. The third kappa shape index (κ3) is 3.29. The van der Waals surface area contributed by atoms with Gasteiger partial charge in [-0.2, -0.15) is 0 Å². The number of Topliss-reactive ketones (excluding diaryl/α,β-unsaturated/α-hetero) is 1. The molecule has 17 heavy (non-hydrogen) atoms. The molecule has 0 aromatic carbocycles. The van der Waals surface area contributed by atoms with Crippen molar-refractivity contribution in [3.8, 4) is 0 Å². The van der Waals surface area contributed by atoms with Gasteiger partial charge < -0.3 is 4.42 Å². The van der Waals surface area contributed by atoms with Gasteiger partial charge in [0.25, 0.3) is 0 Å². The zero-order valence-corrected chi connectivity index (χ0v) is 10.5. The van der Waals surface area contributed by atoms with Crippen molar-refractivity contribution >= 4 is 11.5 Å². The highest BCUT2D eigenvalue weighted by Gasteiger charge is 2.26. The molecule has 1 aliphatic rings. The Bertz CT molecular complexity index is 404. The molecular formula is C14H19NO2. The third-order valence-corrected chi connectivity index (χ3v) is 2.98. The number of ketones is 1. The van der Waals surface area contributed by atoms with Crippen molar-refractivity contribution in [3.63, 3.8) is 0 Å². The van der Waals surface area contributed by atoms with Crippen LogP contribution in [0, 0.1) is 5.92 Å². The number of hydrogen-bond acceptors (Lipinski definition) is 3. The fraction of sp³-hybridized carbons (Fsp3) is 0.571. The van der Waals surface area contributed by atoms with E-state index in [9.17, 15) is 4.79 Å². The smallest absolute Gasteiger partial charge is 0.139 e. The van der Waals surface area contributed by atoms with E-state index >= 15 is 0 Å². The summed E-state index contributed by atoms with van der Waals surface area (Å²) in [4.78, 5) is 16.2. The molecule has 0 saturated heterocycles. The van der Waals surface area contributed by atoms with Crippen molar-refractivity contribution in [1.82, 2.24) is 0 Å². The molecule has 0 amide bonds. The third-order valence-electron chi connectivity index (χ3n) is 2.98. The Kier molecular flexibility index (Phi) is 3.77. The number of carbonyl (C=O) groups excluding carboxylic acids is 1. The minimum absolute atomic E-state index is 0.192. The molecule has 1 heterocycles. The molecular weight excluding hydrogens is 214 g/mol. The normalized spacial score (nSPS) is 23.6. The first-order valence-electron chi connectivity index (χ1n) is 6.22. The Morgan fingerprint density at radius 3 is 2.94 bits per heavy atom. The molecule has 1 unspecified atom stereocenters. The van der Waals surface area contributed by atoms with E-state index in [2.05, 4.69) is 18.8 Å². The molecule has 1 saturated carbocycles. The molecule has 1 aliphatic carbocycles. The number of carbonyl (C=O) groups is 1. The van der Waals surface area contributed by atoms with Crippen LogP contribution in [-0.4, -0.2) is 18.0 Å². The lowest BCUT2D eigenvalue weighted by Crippen LogP contribution is -2.22. The SMILES string of the molecule is CC(C)CN=C1CC(=O)CC(c2ccco2)C1. The largest absolute Gasteiger partial charge is 0.469 e. The van der Waals surface area contributed by atoms with Gasteiger partial charge in [0, 0.05) is 31.0 Å². The predicted molar refractivity (Wildman–Crippen MR) is 67.4 cm³/mol. The standard InChI is InChI=1S/C14H19NO2/c1-10(2)9-15-12-6-11(7-13(16)8-12)14-4-3-5-17-14/h3-5,10-11H,6-9H2,1-2H3. The van der Waals surface area contributed by atoms with Crippen LogP contribution in [0.25, 0.3) is 0 Å². The van der Waals surface area contributed by atoms with E-state index in [1.807, 2.05) is 12.1 Å². The van der Waals surface area contributed by atoms with Crippen molar-refractivity contribution in [3.05, 3.63) is 24.2 Å². The lowest BCUT2D eigenvalue weighted by molar-refractivity contribution is -0.118. The van der Waals surface area contributed by atoms with Gasteiger partial charge >= 0.3 is 0 Å². The first kappa shape index (κ1) is 12.1. The summed E-state index contributed by atoms with van der Waals surface area (Å²) in [6.07, 6.45) is 3.66. The summed E-state index contributed by atoms with van der Waals surface area (Å²) in [6.45, 7) is 5.09. The summed E-state index contributed by atoms with van der Waals surface area (Å²) in [7, 11) is 0. The van der Waals surface area contributed by atoms with E-state index in [1.165, 1.54) is 0 Å². The highest BCUT2D eigenvalue weighted by atomic mass is 16.3. The molecule has 0 aliphatic heterocycles. The fourth-order valence-corrected chi connectivity index (χ4v) is 2.16. The monoisotopic (exact) mass is 233 g/mol. The van der Waals surface area contributed by atoms with Crippen LogP contribution in [0.15, 0.2) is 27.8 Å². The maximum Gasteiger partial charge on any atom is 0.139 e. The topological polar surface area (TPSA) is 42.6 Å². The van der Waals surface area contributed by atoms with Crippen LogP contribution in [0.5, 0.6) is 0 Å². The van der Waals surface area contributed by atoms with Gasteiger partial charge in [0.1, 0.15) is 11.5 Å². The molecule has 1 atom stereocenters. The van der Waals surface area contributed by atoms with Crippen LogP contribution in [0.4, 0.5) is 0 Å². The van der Waals surface area contributed by atoms with Crippen LogP contribution < -0.4 is 0 Å². The van der Waals surface area contributed by atoms with E-state index in [0.717, 1.165) is 24.4 Å². The highest BCUT2D eigenvalue weighted by Crippen LogP contribution is 2.30. The van der Waals surface area contributed by atoms with Crippen LogP contribution in [0.3, 0.4) is 0 Å². The van der Waals surface area contributed by atoms with E-state index in [0.29, 0.717) is 18.8 Å². The molecule has 0 spiro atoms. The van der Waals surface area contributed by atoms with Crippen LogP contribution in [-0.2, 0) is 4.79 Å². The Labute approximate surface area is 102 Å². The average molecular weight is 233 g/mol. The van der Waals surface area contributed by atoms with Gasteiger partial charge in [0.2, 0.25) is 0 Å². The van der Waals surface area contributed by atoms with Gasteiger partial charge in [-0.15, -0.1) is 0 Å². The van der Waals surface area contributed by atoms with Crippen molar-refractivity contribution in [2.24, 2.45) is 10.9 Å². The summed E-state index contributed by atoms with van der Waals surface area (Å²) in [5, 5.41) is 0. The predicted octanol–water partition coefficient (Wildman–Crippen LogP) is 3.21. The van der Waals surface area contributed by atoms with Gasteiger partial charge in [-0.05, 0) is 24.5 Å². The fourth-order valence-electron chi connectivity index (χ4n) is 2.16. The van der Waals surface area contributed by atoms with Gasteiger partial charge in [0.05, 0.1) is 6.26 Å². The van der Waals surface area contributed by atoms with Gasteiger partial charge in [-0.25, -0.2) is 0 Å². The van der Waals surface area contributed by atoms with Gasteiger partial charge in [-0.3, -0.25) is 9.79 Å². The number of nitrogens with zero attached hydrogens (tertiary/aromatic N) is 1. The maximum atomic E-state index is 11.7. The molecule has 1 aromatic heterocycles. The van der Waals surface area contributed by atoms with E-state index in [4.69, 9.17) is 4.42 Å². The molecule has 1 fully saturated rings. The second-order valence-corrected chi connectivity index (χ2v) is 5.14. The second-order valence-electron chi connectivity index (χ2n) is 5.14. The van der Waals surface area contributed by atoms with Crippen molar-refractivity contribution < 1.29 is 9.21 Å². The molecule has 3 heteroatoms. The number of aliphatic imine (C=N–C) groups is 1. The Hall–Kier alpha value is -1.38. The van der Waals surface area contributed by atoms with Crippen LogP contribution in [0.1, 0.15) is 44.8 Å². The molecule has 92 valence electrons. The van der Waals surface area contributed by atoms with Crippen LogP contribution in [0.2, 0.25) is 0 Å². The first-order chi connectivity index (χ1) is 8.15. The van der Waals surface area contributed by atoms with E-state index in [1.54, 1.807) is 6.26 Å². The van der Waals surface area contributed by atoms with Gasteiger partial charge in [0.15, 0.2) is 0 Å². The number of hydrogen-bond donors (Lipinski definition) is 0. The van der Waals surface area contributed by atoms with Crippen molar-refractivity contribution in [2.75, 3.05) is 6.54 Å². The molecule has 2 rings (SSSR count). The van der Waals surface area contributed by atoms with E-state index < -0.39 is 0 Å². The summed E-state index contributed by atoms with van der Waals surface area (Å²) in [6, 6.07) is 3.82. The van der Waals surface area contributed by atoms with Crippen molar-refractivity contribution in [2.45, 2.75) is 39.0 Å². The molecule has 0 bridgehead atoms. The molecule has 0 radical (unpaired) electrons. The van der Waals surface area contributed by atoms with Crippen LogP contribution >= 0.6 is 0 Å². The summed E-state index contributed by atoms with van der Waals surface area (Å²) < 4.78 is 5.39. The Balaban J connectivity index is 2.06. The number of furan rings is 1. The van der Waals surface area contributed by atoms with Crippen molar-refractivity contribution in [1.29, 1.82) is 0 Å². The zero-order chi connectivity index (χ0) is 12.3. The maximum absolute atomic E-state index is 11.7. The second kappa shape index (κ2) is 5.30.